The van der Waals surface area contributed by atoms with E-state index in [0.29, 0.717) is 36.4 Å². The maximum Gasteiger partial charge on any atom is 0.291 e. The van der Waals surface area contributed by atoms with Crippen molar-refractivity contribution in [3.8, 4) is 11.5 Å². The van der Waals surface area contributed by atoms with Gasteiger partial charge >= 0.3 is 0 Å². The molecule has 1 atom stereocenters. The second kappa shape index (κ2) is 9.36. The van der Waals surface area contributed by atoms with E-state index < -0.39 is 6.04 Å². The molecule has 0 bridgehead atoms. The molecule has 2 heterocycles. The molecule has 0 spiro atoms. The minimum Gasteiger partial charge on any atom is -0.493 e. The lowest BCUT2D eigenvalue weighted by atomic mass is 10.1. The molecule has 0 fully saturated rings. The Hall–Kier alpha value is -3.81. The third-order valence-electron chi connectivity index (χ3n) is 5.97. The molecule has 8 nitrogen and oxygen atoms in total. The number of methoxy groups -OCH3 is 2. The van der Waals surface area contributed by atoms with Gasteiger partial charge in [0, 0.05) is 24.4 Å². The van der Waals surface area contributed by atoms with E-state index in [0.717, 1.165) is 21.9 Å². The van der Waals surface area contributed by atoms with E-state index in [1.54, 1.807) is 27.5 Å². The standard InChI is InChI=1S/C25H28N4O4/c1-5-19(24(30)26-13-12-16-10-11-21(32-3)22(14-16)33-4)29-20-9-7-6-8-17(20)18-15-27-28(2)25(31)23(18)29/h6-11,14-15,19H,5,12-13H2,1-4H3,(H,26,30)/t19-/m1/s1. The van der Waals surface area contributed by atoms with Gasteiger partial charge in [0.2, 0.25) is 5.91 Å². The monoisotopic (exact) mass is 448 g/mol. The summed E-state index contributed by atoms with van der Waals surface area (Å²) in [5.41, 5.74) is 2.15. The Bertz CT molecular complexity index is 1370. The molecular formula is C25H28N4O4. The summed E-state index contributed by atoms with van der Waals surface area (Å²) < 4.78 is 13.8. The summed E-state index contributed by atoms with van der Waals surface area (Å²) in [7, 11) is 4.81. The van der Waals surface area contributed by atoms with Gasteiger partial charge in [-0.2, -0.15) is 5.10 Å². The highest BCUT2D eigenvalue weighted by atomic mass is 16.5. The number of amides is 1. The molecule has 1 amide bonds. The average Bonchev–Trinajstić information content (AvgIpc) is 3.16. The number of benzene rings is 2. The fraction of sp³-hybridized carbons (Fsp3) is 0.320. The van der Waals surface area contributed by atoms with Gasteiger partial charge < -0.3 is 19.4 Å². The van der Waals surface area contributed by atoms with Crippen LogP contribution in [0, 0.1) is 0 Å². The molecule has 2 aromatic heterocycles. The number of ether oxygens (including phenoxy) is 2. The number of carbonyl (C=O) groups is 1. The van der Waals surface area contributed by atoms with Crippen molar-refractivity contribution in [3.05, 3.63) is 64.6 Å². The maximum absolute atomic E-state index is 13.3. The van der Waals surface area contributed by atoms with Crippen molar-refractivity contribution in [2.24, 2.45) is 7.05 Å². The first-order chi connectivity index (χ1) is 16.0. The first-order valence-electron chi connectivity index (χ1n) is 10.9. The number of para-hydroxylation sites is 1. The number of carbonyl (C=O) groups excluding carboxylic acids is 1. The van der Waals surface area contributed by atoms with Crippen molar-refractivity contribution in [3.63, 3.8) is 0 Å². The summed E-state index contributed by atoms with van der Waals surface area (Å²) in [6, 6.07) is 12.9. The zero-order valence-corrected chi connectivity index (χ0v) is 19.3. The Labute approximate surface area is 191 Å². The van der Waals surface area contributed by atoms with Crippen LogP contribution in [-0.4, -0.2) is 41.0 Å². The van der Waals surface area contributed by atoms with Crippen LogP contribution in [0.15, 0.2) is 53.5 Å². The molecule has 1 N–H and O–H groups in total. The lowest BCUT2D eigenvalue weighted by Gasteiger charge is -2.19. The summed E-state index contributed by atoms with van der Waals surface area (Å²) in [5, 5.41) is 8.89. The van der Waals surface area contributed by atoms with Crippen LogP contribution < -0.4 is 20.3 Å². The lowest BCUT2D eigenvalue weighted by Crippen LogP contribution is -2.34. The molecule has 0 radical (unpaired) electrons. The Kier molecular flexibility index (Phi) is 6.35. The minimum atomic E-state index is -0.520. The van der Waals surface area contributed by atoms with E-state index in [1.165, 1.54) is 4.68 Å². The van der Waals surface area contributed by atoms with Gasteiger partial charge in [0.25, 0.3) is 5.56 Å². The van der Waals surface area contributed by atoms with Gasteiger partial charge in [-0.3, -0.25) is 9.59 Å². The zero-order valence-electron chi connectivity index (χ0n) is 19.3. The Balaban J connectivity index is 1.62. The van der Waals surface area contributed by atoms with Crippen molar-refractivity contribution in [1.82, 2.24) is 19.7 Å². The van der Waals surface area contributed by atoms with Crippen LogP contribution >= 0.6 is 0 Å². The van der Waals surface area contributed by atoms with Crippen molar-refractivity contribution in [2.45, 2.75) is 25.8 Å². The molecule has 0 saturated carbocycles. The minimum absolute atomic E-state index is 0.125. The predicted molar refractivity (Wildman–Crippen MR) is 128 cm³/mol. The van der Waals surface area contributed by atoms with Crippen molar-refractivity contribution in [2.75, 3.05) is 20.8 Å². The number of rotatable bonds is 8. The summed E-state index contributed by atoms with van der Waals surface area (Å²) in [4.78, 5) is 26.3. The van der Waals surface area contributed by atoms with E-state index in [1.807, 2.05) is 54.0 Å². The smallest absolute Gasteiger partial charge is 0.291 e. The van der Waals surface area contributed by atoms with E-state index in [9.17, 15) is 9.59 Å². The van der Waals surface area contributed by atoms with Crippen LogP contribution in [-0.2, 0) is 18.3 Å². The van der Waals surface area contributed by atoms with Crippen LogP contribution in [0.1, 0.15) is 24.9 Å². The van der Waals surface area contributed by atoms with Gasteiger partial charge in [-0.25, -0.2) is 4.68 Å². The Morgan fingerprint density at radius 3 is 2.58 bits per heavy atom. The molecule has 0 aliphatic carbocycles. The molecule has 0 aliphatic rings. The van der Waals surface area contributed by atoms with Crippen molar-refractivity contribution >= 4 is 27.7 Å². The molecule has 4 rings (SSSR count). The van der Waals surface area contributed by atoms with Gasteiger partial charge in [0.15, 0.2) is 11.5 Å². The van der Waals surface area contributed by atoms with Crippen LogP contribution in [0.25, 0.3) is 21.8 Å². The summed E-state index contributed by atoms with van der Waals surface area (Å²) in [5.74, 6) is 1.20. The summed E-state index contributed by atoms with van der Waals surface area (Å²) in [6.45, 7) is 2.41. The Morgan fingerprint density at radius 1 is 1.09 bits per heavy atom. The molecule has 33 heavy (non-hydrogen) atoms. The quantitative estimate of drug-likeness (QED) is 0.447. The van der Waals surface area contributed by atoms with Gasteiger partial charge in [-0.15, -0.1) is 0 Å². The van der Waals surface area contributed by atoms with Gasteiger partial charge in [0.05, 0.1) is 25.9 Å². The van der Waals surface area contributed by atoms with Crippen LogP contribution in [0.2, 0.25) is 0 Å². The van der Waals surface area contributed by atoms with Gasteiger partial charge in [-0.05, 0) is 36.6 Å². The number of fused-ring (bicyclic) bond motifs is 3. The van der Waals surface area contributed by atoms with Crippen LogP contribution in [0.5, 0.6) is 11.5 Å². The molecule has 2 aromatic carbocycles. The Morgan fingerprint density at radius 2 is 1.85 bits per heavy atom. The molecular weight excluding hydrogens is 420 g/mol. The third kappa shape index (κ3) is 4.04. The molecule has 4 aromatic rings. The first kappa shape index (κ1) is 22.4. The van der Waals surface area contributed by atoms with Crippen LogP contribution in [0.3, 0.4) is 0 Å². The molecule has 0 aliphatic heterocycles. The largest absolute Gasteiger partial charge is 0.493 e. The lowest BCUT2D eigenvalue weighted by molar-refractivity contribution is -0.124. The van der Waals surface area contributed by atoms with Gasteiger partial charge in [0.1, 0.15) is 11.6 Å². The number of nitrogens with zero attached hydrogens (tertiary/aromatic N) is 3. The topological polar surface area (TPSA) is 87.4 Å². The molecule has 8 heteroatoms. The second-order valence-electron chi connectivity index (χ2n) is 7.88. The normalized spacial score (nSPS) is 12.1. The zero-order chi connectivity index (χ0) is 23.5. The van der Waals surface area contributed by atoms with E-state index in [2.05, 4.69) is 10.4 Å². The number of hydrogen-bond acceptors (Lipinski definition) is 5. The fourth-order valence-corrected chi connectivity index (χ4v) is 4.28. The van der Waals surface area contributed by atoms with Crippen LogP contribution in [0.4, 0.5) is 0 Å². The van der Waals surface area contributed by atoms with E-state index >= 15 is 0 Å². The van der Waals surface area contributed by atoms with Crippen molar-refractivity contribution < 1.29 is 14.3 Å². The number of aromatic nitrogens is 3. The summed E-state index contributed by atoms with van der Waals surface area (Å²) in [6.07, 6.45) is 2.88. The number of hydrogen-bond donors (Lipinski definition) is 1. The maximum atomic E-state index is 13.3. The summed E-state index contributed by atoms with van der Waals surface area (Å²) >= 11 is 0. The predicted octanol–water partition coefficient (Wildman–Crippen LogP) is 3.22. The van der Waals surface area contributed by atoms with Crippen molar-refractivity contribution in [1.29, 1.82) is 0 Å². The highest BCUT2D eigenvalue weighted by Gasteiger charge is 2.25. The number of aryl methyl sites for hydroxylation is 1. The van der Waals surface area contributed by atoms with E-state index in [-0.39, 0.29) is 11.5 Å². The molecule has 172 valence electrons. The highest BCUT2D eigenvalue weighted by molar-refractivity contribution is 6.08. The van der Waals surface area contributed by atoms with E-state index in [4.69, 9.17) is 9.47 Å². The molecule has 0 saturated heterocycles. The molecule has 0 unspecified atom stereocenters. The third-order valence-corrected chi connectivity index (χ3v) is 5.97. The second-order valence-corrected chi connectivity index (χ2v) is 7.88. The van der Waals surface area contributed by atoms with Gasteiger partial charge in [-0.1, -0.05) is 31.2 Å². The fourth-order valence-electron chi connectivity index (χ4n) is 4.28. The number of nitrogens with one attached hydrogen (secondary N) is 1. The first-order valence-corrected chi connectivity index (χ1v) is 10.9. The highest BCUT2D eigenvalue weighted by Crippen LogP contribution is 2.31. The SMILES string of the molecule is CC[C@H](C(=O)NCCc1ccc(OC)c(OC)c1)n1c2ccccc2c2cnn(C)c(=O)c21. The average molecular weight is 449 g/mol.